The molecule has 0 saturated carbocycles. The molecule has 32 heavy (non-hydrogen) atoms. The number of ether oxygens (including phenoxy) is 1. The van der Waals surface area contributed by atoms with Gasteiger partial charge >= 0.3 is 5.97 Å². The molecule has 0 bridgehead atoms. The fraction of sp³-hybridized carbons (Fsp3) is 0.520. The van der Waals surface area contributed by atoms with Crippen molar-refractivity contribution in [1.82, 2.24) is 5.43 Å². The van der Waals surface area contributed by atoms with Crippen LogP contribution in [-0.4, -0.2) is 30.1 Å². The highest BCUT2D eigenvalue weighted by molar-refractivity contribution is 7.13. The van der Waals surface area contributed by atoms with E-state index in [0.29, 0.717) is 18.0 Å². The molecule has 1 unspecified atom stereocenters. The maximum atomic E-state index is 12.1. The molecule has 0 fully saturated rings. The zero-order valence-electron chi connectivity index (χ0n) is 19.4. The van der Waals surface area contributed by atoms with E-state index in [4.69, 9.17) is 4.74 Å². The smallest absolute Gasteiger partial charge is 0.348 e. The molecule has 0 aliphatic rings. The zero-order valence-corrected chi connectivity index (χ0v) is 20.2. The van der Waals surface area contributed by atoms with Gasteiger partial charge in [-0.2, -0.15) is 0 Å². The maximum absolute atomic E-state index is 12.1. The van der Waals surface area contributed by atoms with Crippen molar-refractivity contribution in [1.29, 1.82) is 0 Å². The summed E-state index contributed by atoms with van der Waals surface area (Å²) < 4.78 is 5.17. The number of aliphatic hydroxyl groups excluding tert-OH is 1. The number of nitrogens with zero attached hydrogens (tertiary/aromatic N) is 1. The van der Waals surface area contributed by atoms with Crippen LogP contribution in [0.1, 0.15) is 85.5 Å². The van der Waals surface area contributed by atoms with Crippen molar-refractivity contribution >= 4 is 28.9 Å². The third-order valence-electron chi connectivity index (χ3n) is 5.10. The van der Waals surface area contributed by atoms with E-state index in [9.17, 15) is 14.7 Å². The van der Waals surface area contributed by atoms with Gasteiger partial charge in [0, 0.05) is 18.3 Å². The van der Waals surface area contributed by atoms with Crippen molar-refractivity contribution in [3.05, 3.63) is 51.7 Å². The molecular formula is C25H36N2O4S. The number of thiophene rings is 1. The number of amides is 1. The number of aliphatic hydroxyl groups is 1. The molecule has 6 nitrogen and oxygen atoms in total. The molecule has 2 aromatic rings. The van der Waals surface area contributed by atoms with Gasteiger partial charge < -0.3 is 9.84 Å². The Bertz CT molecular complexity index is 835. The number of esters is 1. The van der Waals surface area contributed by atoms with Crippen LogP contribution < -0.4 is 10.4 Å². The minimum absolute atomic E-state index is 0.0988. The lowest BCUT2D eigenvalue weighted by atomic mass is 10.0. The van der Waals surface area contributed by atoms with E-state index < -0.39 is 6.10 Å². The number of carbonyl (C=O) groups excluding carboxylic acids is 2. The number of benzene rings is 1. The van der Waals surface area contributed by atoms with Crippen molar-refractivity contribution in [2.24, 2.45) is 0 Å². The average molecular weight is 461 g/mol. The van der Waals surface area contributed by atoms with Crippen LogP contribution >= 0.6 is 11.3 Å². The van der Waals surface area contributed by atoms with Gasteiger partial charge in [0.2, 0.25) is 5.91 Å². The topological polar surface area (TPSA) is 78.9 Å². The first-order valence-electron chi connectivity index (χ1n) is 11.5. The molecule has 1 aromatic carbocycles. The van der Waals surface area contributed by atoms with Gasteiger partial charge in [-0.3, -0.25) is 4.79 Å². The molecular weight excluding hydrogens is 424 g/mol. The van der Waals surface area contributed by atoms with E-state index in [1.54, 1.807) is 0 Å². The number of rotatable bonds is 14. The van der Waals surface area contributed by atoms with Crippen LogP contribution in [0, 0.1) is 0 Å². The molecule has 1 aromatic heterocycles. The Hall–Kier alpha value is -2.22. The number of nitrogens with one attached hydrogen (secondary N) is 1. The van der Waals surface area contributed by atoms with Gasteiger partial charge in [0.05, 0.1) is 18.4 Å². The van der Waals surface area contributed by atoms with Crippen LogP contribution in [0.25, 0.3) is 0 Å². The predicted molar refractivity (Wildman–Crippen MR) is 130 cm³/mol. The second-order valence-corrected chi connectivity index (χ2v) is 9.04. The minimum atomic E-state index is -0.468. The summed E-state index contributed by atoms with van der Waals surface area (Å²) in [6, 6.07) is 11.3. The van der Waals surface area contributed by atoms with Crippen molar-refractivity contribution < 1.29 is 19.4 Å². The summed E-state index contributed by atoms with van der Waals surface area (Å²) in [6.45, 7) is 6.70. The van der Waals surface area contributed by atoms with Crippen molar-refractivity contribution in [2.45, 2.75) is 71.8 Å². The fourth-order valence-electron chi connectivity index (χ4n) is 3.33. The summed E-state index contributed by atoms with van der Waals surface area (Å²) in [5.74, 6) is -0.360. The Morgan fingerprint density at radius 2 is 1.81 bits per heavy atom. The second kappa shape index (κ2) is 14.0. The summed E-state index contributed by atoms with van der Waals surface area (Å²) >= 11 is 1.46. The van der Waals surface area contributed by atoms with Crippen LogP contribution in [0.5, 0.6) is 0 Å². The maximum Gasteiger partial charge on any atom is 0.348 e. The Kier molecular flexibility index (Phi) is 11.4. The molecule has 0 aliphatic carbocycles. The molecule has 0 saturated heterocycles. The Labute approximate surface area is 195 Å². The molecule has 0 radical (unpaired) electrons. The summed E-state index contributed by atoms with van der Waals surface area (Å²) in [5.41, 5.74) is 4.81. The molecule has 7 heteroatoms. The van der Waals surface area contributed by atoms with Crippen LogP contribution in [0.2, 0.25) is 0 Å². The average Bonchev–Trinajstić information content (AvgIpc) is 3.26. The highest BCUT2D eigenvalue weighted by Gasteiger charge is 2.14. The van der Waals surface area contributed by atoms with E-state index in [0.717, 1.165) is 61.1 Å². The third kappa shape index (κ3) is 8.37. The number of hydrogen-bond donors (Lipinski definition) is 2. The number of carbonyl (C=O) groups is 2. The second-order valence-electron chi connectivity index (χ2n) is 7.87. The lowest BCUT2D eigenvalue weighted by Crippen LogP contribution is -2.42. The summed E-state index contributed by atoms with van der Waals surface area (Å²) in [4.78, 5) is 25.8. The van der Waals surface area contributed by atoms with Crippen LogP contribution in [0.4, 0.5) is 5.69 Å². The van der Waals surface area contributed by atoms with Crippen molar-refractivity contribution in [3.8, 4) is 0 Å². The molecule has 1 heterocycles. The summed E-state index contributed by atoms with van der Waals surface area (Å²) in [5, 5.41) is 11.9. The zero-order chi connectivity index (χ0) is 23.3. The lowest BCUT2D eigenvalue weighted by Gasteiger charge is -2.23. The van der Waals surface area contributed by atoms with Crippen LogP contribution in [0.3, 0.4) is 0 Å². The van der Waals surface area contributed by atoms with Gasteiger partial charge in [0.1, 0.15) is 4.88 Å². The van der Waals surface area contributed by atoms with Crippen molar-refractivity contribution in [3.63, 3.8) is 0 Å². The Morgan fingerprint density at radius 3 is 2.47 bits per heavy atom. The van der Waals surface area contributed by atoms with Crippen LogP contribution in [-0.2, 0) is 16.0 Å². The minimum Gasteiger partial charge on any atom is -0.462 e. The fourth-order valence-corrected chi connectivity index (χ4v) is 4.27. The Morgan fingerprint density at radius 1 is 1.06 bits per heavy atom. The predicted octanol–water partition coefficient (Wildman–Crippen LogP) is 5.42. The first-order valence-corrected chi connectivity index (χ1v) is 12.4. The van der Waals surface area contributed by atoms with Gasteiger partial charge in [-0.25, -0.2) is 15.2 Å². The SMILES string of the molecule is CCCCCC(O)c1ccc(N(NCCCc2ccc(C(=O)OCCC)s2)C(C)=O)cc1. The first kappa shape index (κ1) is 26.0. The molecule has 176 valence electrons. The highest BCUT2D eigenvalue weighted by Crippen LogP contribution is 2.23. The normalized spacial score (nSPS) is 11.9. The standard InChI is InChI=1S/C25H36N2O4S/c1-4-6-7-10-23(29)20-11-13-21(14-12-20)27(19(3)28)26-17-8-9-22-15-16-24(32-22)25(30)31-18-5-2/h11-16,23,26,29H,4-10,17-18H2,1-3H3. The number of aryl methyl sites for hydroxylation is 1. The number of anilines is 1. The highest BCUT2D eigenvalue weighted by atomic mass is 32.1. The number of hydrogen-bond acceptors (Lipinski definition) is 6. The quantitative estimate of drug-likeness (QED) is 0.224. The number of hydrazine groups is 1. The summed E-state index contributed by atoms with van der Waals surface area (Å²) in [7, 11) is 0. The molecule has 0 spiro atoms. The van der Waals surface area contributed by atoms with Gasteiger partial charge in [0.25, 0.3) is 0 Å². The molecule has 1 atom stereocenters. The summed E-state index contributed by atoms with van der Waals surface area (Å²) in [6.07, 6.45) is 5.98. The molecule has 1 amide bonds. The van der Waals surface area contributed by atoms with Crippen molar-refractivity contribution in [2.75, 3.05) is 18.2 Å². The molecule has 2 rings (SSSR count). The van der Waals surface area contributed by atoms with E-state index in [-0.39, 0.29) is 11.9 Å². The van der Waals surface area contributed by atoms with Crippen LogP contribution in [0.15, 0.2) is 36.4 Å². The van der Waals surface area contributed by atoms with E-state index in [1.165, 1.54) is 23.3 Å². The van der Waals surface area contributed by atoms with Gasteiger partial charge in [-0.1, -0.05) is 45.2 Å². The first-order chi connectivity index (χ1) is 15.5. The van der Waals surface area contributed by atoms with E-state index in [1.807, 2.05) is 43.3 Å². The largest absolute Gasteiger partial charge is 0.462 e. The van der Waals surface area contributed by atoms with E-state index in [2.05, 4.69) is 12.3 Å². The Balaban J connectivity index is 1.83. The van der Waals surface area contributed by atoms with Gasteiger partial charge in [-0.15, -0.1) is 11.3 Å². The molecule has 2 N–H and O–H groups in total. The van der Waals surface area contributed by atoms with Gasteiger partial charge in [-0.05, 0) is 55.5 Å². The third-order valence-corrected chi connectivity index (χ3v) is 6.23. The molecule has 0 aliphatic heterocycles. The number of unbranched alkanes of at least 4 members (excludes halogenated alkanes) is 2. The monoisotopic (exact) mass is 460 g/mol. The lowest BCUT2D eigenvalue weighted by molar-refractivity contribution is -0.117. The van der Waals surface area contributed by atoms with Gasteiger partial charge in [0.15, 0.2) is 0 Å². The van der Waals surface area contributed by atoms with E-state index >= 15 is 0 Å².